The van der Waals surface area contributed by atoms with Gasteiger partial charge in [-0.05, 0) is 39.7 Å². The minimum absolute atomic E-state index is 0.0704. The first-order valence-corrected chi connectivity index (χ1v) is 7.86. The molecule has 0 amide bonds. The number of rotatable bonds is 6. The van der Waals surface area contributed by atoms with Crippen LogP contribution >= 0.6 is 0 Å². The average Bonchev–Trinajstić information content (AvgIpc) is 3.00. The molecule has 0 bridgehead atoms. The van der Waals surface area contributed by atoms with E-state index in [2.05, 4.69) is 53.3 Å². The molecule has 5 heteroatoms. The molecule has 0 saturated heterocycles. The van der Waals surface area contributed by atoms with Crippen molar-refractivity contribution in [1.82, 2.24) is 19.6 Å². The molecule has 2 N–H and O–H groups in total. The summed E-state index contributed by atoms with van der Waals surface area (Å²) >= 11 is 0. The van der Waals surface area contributed by atoms with Gasteiger partial charge in [0.15, 0.2) is 0 Å². The fraction of sp³-hybridized carbons (Fsp3) is 0.625. The Morgan fingerprint density at radius 2 is 1.86 bits per heavy atom. The number of hydrogen-bond acceptors (Lipinski definition) is 3. The van der Waals surface area contributed by atoms with Crippen LogP contribution in [0.2, 0.25) is 0 Å². The van der Waals surface area contributed by atoms with Gasteiger partial charge in [-0.2, -0.15) is 10.2 Å². The minimum atomic E-state index is 0.0704. The van der Waals surface area contributed by atoms with Crippen LogP contribution in [-0.2, 0) is 19.5 Å². The number of hydrogen-bond donors (Lipinski definition) is 1. The zero-order valence-corrected chi connectivity index (χ0v) is 13.8. The molecule has 1 atom stereocenters. The van der Waals surface area contributed by atoms with E-state index in [0.29, 0.717) is 0 Å². The zero-order valence-electron chi connectivity index (χ0n) is 13.8. The highest BCUT2D eigenvalue weighted by Crippen LogP contribution is 2.22. The molecular weight excluding hydrogens is 262 g/mol. The third-order valence-corrected chi connectivity index (χ3v) is 4.14. The Bertz CT molecular complexity index is 608. The Hall–Kier alpha value is -1.62. The van der Waals surface area contributed by atoms with Gasteiger partial charge in [-0.15, -0.1) is 0 Å². The largest absolute Gasteiger partial charge is 0.324 e. The molecule has 116 valence electrons. The minimum Gasteiger partial charge on any atom is -0.324 e. The summed E-state index contributed by atoms with van der Waals surface area (Å²) in [5.74, 6) is 0. The summed E-state index contributed by atoms with van der Waals surface area (Å²) in [6.45, 7) is 12.2. The predicted octanol–water partition coefficient (Wildman–Crippen LogP) is 2.74. The molecule has 5 nitrogen and oxygen atoms in total. The Morgan fingerprint density at radius 3 is 2.43 bits per heavy atom. The molecule has 0 spiro atoms. The van der Waals surface area contributed by atoms with Gasteiger partial charge in [-0.3, -0.25) is 9.36 Å². The van der Waals surface area contributed by atoms with E-state index >= 15 is 0 Å². The number of aryl methyl sites for hydroxylation is 3. The van der Waals surface area contributed by atoms with Crippen LogP contribution in [0.25, 0.3) is 0 Å². The lowest BCUT2D eigenvalue weighted by Gasteiger charge is -2.10. The van der Waals surface area contributed by atoms with Crippen LogP contribution < -0.4 is 5.73 Å². The van der Waals surface area contributed by atoms with Gasteiger partial charge in [0.1, 0.15) is 0 Å². The summed E-state index contributed by atoms with van der Waals surface area (Å²) in [4.78, 5) is 0. The first-order valence-electron chi connectivity index (χ1n) is 7.86. The van der Waals surface area contributed by atoms with Gasteiger partial charge >= 0.3 is 0 Å². The van der Waals surface area contributed by atoms with E-state index in [9.17, 15) is 0 Å². The van der Waals surface area contributed by atoms with Crippen molar-refractivity contribution in [2.45, 2.75) is 66.6 Å². The number of aromatic nitrogens is 4. The van der Waals surface area contributed by atoms with E-state index < -0.39 is 0 Å². The molecule has 0 fully saturated rings. The number of nitrogens with zero attached hydrogens (tertiary/aromatic N) is 4. The summed E-state index contributed by atoms with van der Waals surface area (Å²) in [7, 11) is 0. The van der Waals surface area contributed by atoms with Crippen LogP contribution in [0.4, 0.5) is 0 Å². The van der Waals surface area contributed by atoms with Crippen LogP contribution in [0.5, 0.6) is 0 Å². The zero-order chi connectivity index (χ0) is 15.6. The normalized spacial score (nSPS) is 12.9. The van der Waals surface area contributed by atoms with Crippen molar-refractivity contribution in [2.24, 2.45) is 5.73 Å². The SMILES string of the molecule is CCc1cc(Cn2nc(C)c(C(N)CC)c2C)n(CC)n1. The molecule has 0 aromatic carbocycles. The van der Waals surface area contributed by atoms with Crippen molar-refractivity contribution in [2.75, 3.05) is 0 Å². The average molecular weight is 289 g/mol. The Balaban J connectivity index is 2.34. The fourth-order valence-corrected chi connectivity index (χ4v) is 2.85. The summed E-state index contributed by atoms with van der Waals surface area (Å²) in [6.07, 6.45) is 1.89. The summed E-state index contributed by atoms with van der Waals surface area (Å²) in [5.41, 5.74) is 12.0. The summed E-state index contributed by atoms with van der Waals surface area (Å²) in [5, 5.41) is 9.28. The highest BCUT2D eigenvalue weighted by molar-refractivity contribution is 5.28. The smallest absolute Gasteiger partial charge is 0.0831 e. The Kier molecular flexibility index (Phi) is 4.83. The molecule has 2 heterocycles. The van der Waals surface area contributed by atoms with Crippen molar-refractivity contribution < 1.29 is 0 Å². The van der Waals surface area contributed by atoms with Crippen molar-refractivity contribution in [3.8, 4) is 0 Å². The summed E-state index contributed by atoms with van der Waals surface area (Å²) < 4.78 is 4.12. The Morgan fingerprint density at radius 1 is 1.14 bits per heavy atom. The van der Waals surface area contributed by atoms with Crippen LogP contribution in [0, 0.1) is 13.8 Å². The topological polar surface area (TPSA) is 61.7 Å². The van der Waals surface area contributed by atoms with Crippen molar-refractivity contribution >= 4 is 0 Å². The molecule has 0 radical (unpaired) electrons. The van der Waals surface area contributed by atoms with Crippen LogP contribution in [0.3, 0.4) is 0 Å². The van der Waals surface area contributed by atoms with Crippen molar-refractivity contribution in [3.05, 3.63) is 34.4 Å². The predicted molar refractivity (Wildman–Crippen MR) is 85.3 cm³/mol. The Labute approximate surface area is 127 Å². The molecular formula is C16H27N5. The van der Waals surface area contributed by atoms with E-state index in [1.165, 1.54) is 17.0 Å². The van der Waals surface area contributed by atoms with Crippen LogP contribution in [0.1, 0.15) is 61.6 Å². The van der Waals surface area contributed by atoms with Gasteiger partial charge in [0.25, 0.3) is 0 Å². The lowest BCUT2D eigenvalue weighted by Crippen LogP contribution is -2.13. The third-order valence-electron chi connectivity index (χ3n) is 4.14. The standard InChI is InChI=1S/C16H27N5/c1-6-13-9-14(20(8-3)19-13)10-21-12(5)16(11(4)18-21)15(17)7-2/h9,15H,6-8,10,17H2,1-5H3. The lowest BCUT2D eigenvalue weighted by molar-refractivity contribution is 0.564. The van der Waals surface area contributed by atoms with E-state index in [1.54, 1.807) is 0 Å². The van der Waals surface area contributed by atoms with Crippen molar-refractivity contribution in [1.29, 1.82) is 0 Å². The van der Waals surface area contributed by atoms with Crippen molar-refractivity contribution in [3.63, 3.8) is 0 Å². The molecule has 0 aliphatic heterocycles. The van der Waals surface area contributed by atoms with Gasteiger partial charge in [-0.1, -0.05) is 13.8 Å². The van der Waals surface area contributed by atoms with Gasteiger partial charge in [0.05, 0.1) is 23.6 Å². The second kappa shape index (κ2) is 6.43. The van der Waals surface area contributed by atoms with Crippen LogP contribution in [-0.4, -0.2) is 19.6 Å². The monoisotopic (exact) mass is 289 g/mol. The van der Waals surface area contributed by atoms with Gasteiger partial charge in [0.2, 0.25) is 0 Å². The quantitative estimate of drug-likeness (QED) is 0.889. The van der Waals surface area contributed by atoms with E-state index in [0.717, 1.165) is 37.3 Å². The third kappa shape index (κ3) is 3.02. The maximum absolute atomic E-state index is 6.21. The number of nitrogens with two attached hydrogens (primary N) is 1. The van der Waals surface area contributed by atoms with E-state index in [1.807, 2.05) is 6.92 Å². The highest BCUT2D eigenvalue weighted by atomic mass is 15.3. The van der Waals surface area contributed by atoms with Gasteiger partial charge in [-0.25, -0.2) is 0 Å². The van der Waals surface area contributed by atoms with E-state index in [4.69, 9.17) is 5.73 Å². The second-order valence-corrected chi connectivity index (χ2v) is 5.55. The fourth-order valence-electron chi connectivity index (χ4n) is 2.85. The van der Waals surface area contributed by atoms with Gasteiger partial charge in [0, 0.05) is 23.8 Å². The van der Waals surface area contributed by atoms with E-state index in [-0.39, 0.29) is 6.04 Å². The first-order chi connectivity index (χ1) is 10.0. The second-order valence-electron chi connectivity index (χ2n) is 5.55. The molecule has 0 aliphatic carbocycles. The highest BCUT2D eigenvalue weighted by Gasteiger charge is 2.17. The van der Waals surface area contributed by atoms with Crippen LogP contribution in [0.15, 0.2) is 6.07 Å². The summed E-state index contributed by atoms with van der Waals surface area (Å²) in [6, 6.07) is 2.25. The molecule has 1 unspecified atom stereocenters. The first kappa shape index (κ1) is 15.8. The maximum Gasteiger partial charge on any atom is 0.0831 e. The molecule has 2 aromatic heterocycles. The lowest BCUT2D eigenvalue weighted by atomic mass is 10.0. The maximum atomic E-state index is 6.21. The molecule has 0 aliphatic rings. The van der Waals surface area contributed by atoms with Gasteiger partial charge < -0.3 is 5.73 Å². The molecule has 2 rings (SSSR count). The molecule has 2 aromatic rings. The molecule has 0 saturated carbocycles. The molecule has 21 heavy (non-hydrogen) atoms.